The number of halogens is 1. The summed E-state index contributed by atoms with van der Waals surface area (Å²) in [7, 11) is 2.22. The zero-order valence-corrected chi connectivity index (χ0v) is 13.0. The van der Waals surface area contributed by atoms with E-state index in [0.717, 1.165) is 12.5 Å². The largest absolute Gasteiger partial charge is 0.309 e. The second-order valence-corrected chi connectivity index (χ2v) is 7.56. The molecule has 0 aromatic carbocycles. The van der Waals surface area contributed by atoms with Crippen LogP contribution in [0.25, 0.3) is 0 Å². The highest BCUT2D eigenvalue weighted by molar-refractivity contribution is 9.11. The van der Waals surface area contributed by atoms with E-state index in [4.69, 9.17) is 0 Å². The van der Waals surface area contributed by atoms with Gasteiger partial charge in [0.1, 0.15) is 0 Å². The fourth-order valence-electron chi connectivity index (χ4n) is 2.40. The maximum Gasteiger partial charge on any atom is 0.0701 e. The average molecular weight is 317 g/mol. The van der Waals surface area contributed by atoms with Crippen molar-refractivity contribution < 1.29 is 0 Å². The Morgan fingerprint density at radius 2 is 2.18 bits per heavy atom. The van der Waals surface area contributed by atoms with Gasteiger partial charge in [-0.1, -0.05) is 0 Å². The summed E-state index contributed by atoms with van der Waals surface area (Å²) in [6.45, 7) is 5.84. The Hall–Kier alpha value is 0.1000. The first-order valence-corrected chi connectivity index (χ1v) is 7.92. The van der Waals surface area contributed by atoms with E-state index < -0.39 is 0 Å². The Bertz CT molecular complexity index is 345. The lowest BCUT2D eigenvalue weighted by Gasteiger charge is -2.33. The second-order valence-electron chi connectivity index (χ2n) is 5.02. The van der Waals surface area contributed by atoms with Crippen LogP contribution in [0.1, 0.15) is 24.6 Å². The molecule has 1 fully saturated rings. The topological polar surface area (TPSA) is 15.3 Å². The van der Waals surface area contributed by atoms with Gasteiger partial charge in [0.25, 0.3) is 0 Å². The van der Waals surface area contributed by atoms with Crippen molar-refractivity contribution in [2.24, 2.45) is 5.92 Å². The first kappa shape index (κ1) is 13.5. The van der Waals surface area contributed by atoms with Gasteiger partial charge in [-0.2, -0.15) is 0 Å². The Morgan fingerprint density at radius 3 is 2.76 bits per heavy atom. The van der Waals surface area contributed by atoms with Gasteiger partial charge in [-0.3, -0.25) is 0 Å². The molecule has 0 spiro atoms. The van der Waals surface area contributed by atoms with Crippen molar-refractivity contribution in [2.75, 3.05) is 20.1 Å². The lowest BCUT2D eigenvalue weighted by Crippen LogP contribution is -2.40. The van der Waals surface area contributed by atoms with Crippen LogP contribution in [0.3, 0.4) is 0 Å². The smallest absolute Gasteiger partial charge is 0.0701 e. The van der Waals surface area contributed by atoms with Gasteiger partial charge in [0.15, 0.2) is 0 Å². The van der Waals surface area contributed by atoms with E-state index in [2.05, 4.69) is 52.3 Å². The predicted molar refractivity (Wildman–Crippen MR) is 78.5 cm³/mol. The van der Waals surface area contributed by atoms with E-state index in [-0.39, 0.29) is 0 Å². The molecule has 0 radical (unpaired) electrons. The van der Waals surface area contributed by atoms with Gasteiger partial charge in [0.05, 0.1) is 3.79 Å². The molecular formula is C13H21BrN2S. The lowest BCUT2D eigenvalue weighted by atomic mass is 9.90. The van der Waals surface area contributed by atoms with Crippen molar-refractivity contribution in [3.05, 3.63) is 20.8 Å². The third-order valence-corrected chi connectivity index (χ3v) is 5.32. The van der Waals surface area contributed by atoms with Crippen LogP contribution in [-0.2, 0) is 6.54 Å². The van der Waals surface area contributed by atoms with E-state index in [1.807, 2.05) is 11.3 Å². The normalized spacial score (nSPS) is 20.6. The van der Waals surface area contributed by atoms with Crippen LogP contribution >= 0.6 is 27.3 Å². The average Bonchev–Trinajstić information content (AvgIpc) is 2.73. The van der Waals surface area contributed by atoms with Crippen molar-refractivity contribution >= 4 is 27.3 Å². The van der Waals surface area contributed by atoms with Crippen LogP contribution in [0, 0.1) is 5.92 Å². The fraction of sp³-hybridized carbons (Fsp3) is 0.692. The van der Waals surface area contributed by atoms with E-state index in [1.165, 1.54) is 34.6 Å². The molecule has 1 aliphatic rings. The second kappa shape index (κ2) is 6.32. The van der Waals surface area contributed by atoms with Gasteiger partial charge in [0.2, 0.25) is 0 Å². The summed E-state index contributed by atoms with van der Waals surface area (Å²) in [6.07, 6.45) is 2.66. The van der Waals surface area contributed by atoms with Crippen LogP contribution in [0.2, 0.25) is 0 Å². The van der Waals surface area contributed by atoms with Crippen LogP contribution in [0.15, 0.2) is 15.9 Å². The first-order valence-electron chi connectivity index (χ1n) is 6.31. The number of hydrogen-bond donors (Lipinski definition) is 1. The number of hydrogen-bond acceptors (Lipinski definition) is 3. The summed E-state index contributed by atoms with van der Waals surface area (Å²) < 4.78 is 1.22. The van der Waals surface area contributed by atoms with Gasteiger partial charge >= 0.3 is 0 Å². The van der Waals surface area contributed by atoms with Gasteiger partial charge in [0, 0.05) is 17.5 Å². The zero-order chi connectivity index (χ0) is 12.3. The first-order chi connectivity index (χ1) is 8.15. The molecule has 2 rings (SSSR count). The van der Waals surface area contributed by atoms with Crippen LogP contribution < -0.4 is 5.32 Å². The molecule has 1 N–H and O–H groups in total. The zero-order valence-electron chi connectivity index (χ0n) is 10.6. The summed E-state index contributed by atoms with van der Waals surface area (Å²) in [4.78, 5) is 3.84. The maximum atomic E-state index is 3.67. The number of rotatable bonds is 4. The predicted octanol–water partition coefficient (Wildman–Crippen LogP) is 3.33. The van der Waals surface area contributed by atoms with Gasteiger partial charge in [-0.05, 0) is 73.9 Å². The minimum atomic E-state index is 0.629. The highest BCUT2D eigenvalue weighted by Crippen LogP contribution is 2.23. The summed E-state index contributed by atoms with van der Waals surface area (Å²) in [6, 6.07) is 4.95. The monoisotopic (exact) mass is 316 g/mol. The molecule has 2 nitrogen and oxygen atoms in total. The number of nitrogens with zero attached hydrogens (tertiary/aromatic N) is 1. The molecular weight excluding hydrogens is 296 g/mol. The number of likely N-dealkylation sites (tertiary alicyclic amines) is 1. The molecule has 1 saturated heterocycles. The Morgan fingerprint density at radius 1 is 1.47 bits per heavy atom. The van der Waals surface area contributed by atoms with E-state index in [1.54, 1.807) is 0 Å². The summed E-state index contributed by atoms with van der Waals surface area (Å²) in [5.41, 5.74) is 0. The molecule has 0 saturated carbocycles. The van der Waals surface area contributed by atoms with E-state index in [9.17, 15) is 0 Å². The molecule has 2 heterocycles. The Balaban J connectivity index is 1.75. The standard InChI is InChI=1S/C13H21BrN2S/c1-10(11-5-7-16(2)8-6-11)15-9-12-3-4-13(14)17-12/h3-4,10-11,15H,5-9H2,1-2H3. The molecule has 1 unspecified atom stereocenters. The van der Waals surface area contributed by atoms with Gasteiger partial charge in [-0.25, -0.2) is 0 Å². The summed E-state index contributed by atoms with van der Waals surface area (Å²) in [5, 5.41) is 3.67. The van der Waals surface area contributed by atoms with E-state index >= 15 is 0 Å². The quantitative estimate of drug-likeness (QED) is 0.916. The van der Waals surface area contributed by atoms with Crippen LogP contribution in [0.5, 0.6) is 0 Å². The molecule has 4 heteroatoms. The van der Waals surface area contributed by atoms with Crippen molar-refractivity contribution in [2.45, 2.75) is 32.4 Å². The third kappa shape index (κ3) is 4.05. The SMILES string of the molecule is CC(NCc1ccc(Br)s1)C1CCN(C)CC1. The van der Waals surface area contributed by atoms with Crippen molar-refractivity contribution in [3.63, 3.8) is 0 Å². The molecule has 0 bridgehead atoms. The minimum Gasteiger partial charge on any atom is -0.309 e. The fourth-order valence-corrected chi connectivity index (χ4v) is 3.84. The molecule has 1 aliphatic heterocycles. The number of thiophene rings is 1. The minimum absolute atomic E-state index is 0.629. The molecule has 1 aromatic rings. The van der Waals surface area contributed by atoms with Crippen molar-refractivity contribution in [3.8, 4) is 0 Å². The molecule has 0 aliphatic carbocycles. The van der Waals surface area contributed by atoms with Crippen molar-refractivity contribution in [1.82, 2.24) is 10.2 Å². The maximum absolute atomic E-state index is 3.67. The summed E-state index contributed by atoms with van der Waals surface area (Å²) in [5.74, 6) is 0.842. The molecule has 96 valence electrons. The van der Waals surface area contributed by atoms with Gasteiger partial charge < -0.3 is 10.2 Å². The molecule has 1 atom stereocenters. The molecule has 0 amide bonds. The van der Waals surface area contributed by atoms with Crippen LogP contribution in [-0.4, -0.2) is 31.1 Å². The Labute approximate surface area is 117 Å². The highest BCUT2D eigenvalue weighted by atomic mass is 79.9. The van der Waals surface area contributed by atoms with E-state index in [0.29, 0.717) is 6.04 Å². The molecule has 17 heavy (non-hydrogen) atoms. The Kier molecular flexibility index (Phi) is 5.03. The number of nitrogens with one attached hydrogen (secondary N) is 1. The van der Waals surface area contributed by atoms with Crippen molar-refractivity contribution in [1.29, 1.82) is 0 Å². The molecule has 1 aromatic heterocycles. The van der Waals surface area contributed by atoms with Crippen LogP contribution in [0.4, 0.5) is 0 Å². The van der Waals surface area contributed by atoms with Gasteiger partial charge in [-0.15, -0.1) is 11.3 Å². The third-order valence-electron chi connectivity index (χ3n) is 3.70. The lowest BCUT2D eigenvalue weighted by molar-refractivity contribution is 0.189. The highest BCUT2D eigenvalue weighted by Gasteiger charge is 2.21. The summed E-state index contributed by atoms with van der Waals surface area (Å²) >= 11 is 5.33. The number of piperidine rings is 1.